The first-order valence-corrected chi connectivity index (χ1v) is 9.60. The Morgan fingerprint density at radius 3 is 2.62 bits per heavy atom. The molecule has 29 heavy (non-hydrogen) atoms. The van der Waals surface area contributed by atoms with E-state index in [0.29, 0.717) is 10.9 Å². The van der Waals surface area contributed by atoms with Gasteiger partial charge in [-0.1, -0.05) is 24.3 Å². The predicted octanol–water partition coefficient (Wildman–Crippen LogP) is 5.24. The van der Waals surface area contributed by atoms with E-state index in [1.807, 2.05) is 61.5 Å². The normalized spacial score (nSPS) is 14.3. The van der Waals surface area contributed by atoms with Gasteiger partial charge in [-0.15, -0.1) is 0 Å². The fourth-order valence-corrected chi connectivity index (χ4v) is 3.59. The van der Waals surface area contributed by atoms with E-state index < -0.39 is 6.10 Å². The second-order valence-electron chi connectivity index (χ2n) is 7.01. The summed E-state index contributed by atoms with van der Waals surface area (Å²) in [5.74, 6) is 1.13. The molecule has 0 radical (unpaired) electrons. The topological polar surface area (TPSA) is 33.7 Å². The summed E-state index contributed by atoms with van der Waals surface area (Å²) in [6.45, 7) is 0. The van der Waals surface area contributed by atoms with E-state index in [-0.39, 0.29) is 5.82 Å². The lowest BCUT2D eigenvalue weighted by atomic mass is 9.88. The number of anilines is 1. The van der Waals surface area contributed by atoms with Gasteiger partial charge in [-0.25, -0.2) is 4.39 Å². The van der Waals surface area contributed by atoms with Crippen LogP contribution < -0.4 is 14.8 Å². The van der Waals surface area contributed by atoms with E-state index in [0.717, 1.165) is 33.7 Å². The Balaban J connectivity index is 1.88. The quantitative estimate of drug-likeness (QED) is 0.600. The van der Waals surface area contributed by atoms with Crippen molar-refractivity contribution in [1.29, 1.82) is 0 Å². The summed E-state index contributed by atoms with van der Waals surface area (Å²) in [4.78, 5) is 1.83. The number of nitrogens with one attached hydrogen (secondary N) is 1. The third kappa shape index (κ3) is 3.63. The first-order chi connectivity index (χ1) is 14.0. The molecule has 1 unspecified atom stereocenters. The maximum absolute atomic E-state index is 13.9. The molecule has 1 aliphatic rings. The Morgan fingerprint density at radius 1 is 1.10 bits per heavy atom. The van der Waals surface area contributed by atoms with Crippen molar-refractivity contribution in [3.8, 4) is 22.6 Å². The van der Waals surface area contributed by atoms with Gasteiger partial charge in [0.15, 0.2) is 5.11 Å². The zero-order valence-corrected chi connectivity index (χ0v) is 17.2. The molecular weight excluding hydrogens is 387 g/mol. The van der Waals surface area contributed by atoms with Crippen LogP contribution in [0.25, 0.3) is 11.1 Å². The number of ether oxygens (including phenoxy) is 2. The Kier molecular flexibility index (Phi) is 5.11. The Labute approximate surface area is 174 Å². The molecule has 0 saturated heterocycles. The smallest absolute Gasteiger partial charge is 0.172 e. The van der Waals surface area contributed by atoms with Crippen LogP contribution in [-0.2, 0) is 0 Å². The highest BCUT2D eigenvalue weighted by atomic mass is 32.1. The number of thiocarbonyl (C=S) groups is 1. The summed E-state index contributed by atoms with van der Waals surface area (Å²) < 4.78 is 25.8. The highest BCUT2D eigenvalue weighted by Gasteiger charge is 2.30. The van der Waals surface area contributed by atoms with Gasteiger partial charge in [-0.2, -0.15) is 0 Å². The Morgan fingerprint density at radius 2 is 1.90 bits per heavy atom. The minimum atomic E-state index is -0.449. The van der Waals surface area contributed by atoms with Crippen LogP contribution in [0.5, 0.6) is 11.5 Å². The van der Waals surface area contributed by atoms with E-state index in [9.17, 15) is 4.39 Å². The molecule has 4 nitrogen and oxygen atoms in total. The number of halogens is 1. The minimum absolute atomic E-state index is 0.299. The number of fused-ring (bicyclic) bond motifs is 3. The monoisotopic (exact) mass is 408 g/mol. The number of nitrogens with zero attached hydrogens (tertiary/aromatic N) is 1. The van der Waals surface area contributed by atoms with Crippen LogP contribution in [-0.4, -0.2) is 31.2 Å². The maximum Gasteiger partial charge on any atom is 0.172 e. The summed E-state index contributed by atoms with van der Waals surface area (Å²) in [5.41, 5.74) is 4.37. The van der Waals surface area contributed by atoms with Gasteiger partial charge in [-0.3, -0.25) is 0 Å². The molecule has 0 saturated carbocycles. The van der Waals surface area contributed by atoms with E-state index >= 15 is 0 Å². The molecule has 1 heterocycles. The van der Waals surface area contributed by atoms with Crippen LogP contribution in [0.4, 0.5) is 10.1 Å². The molecule has 1 N–H and O–H groups in total. The zero-order chi connectivity index (χ0) is 20.5. The summed E-state index contributed by atoms with van der Waals surface area (Å²) in [6.07, 6.45) is -0.449. The third-order valence-electron chi connectivity index (χ3n) is 4.86. The molecule has 148 valence electrons. The number of hydrogen-bond acceptors (Lipinski definition) is 3. The Hall–Kier alpha value is -3.12. The highest BCUT2D eigenvalue weighted by molar-refractivity contribution is 7.80. The SMILES string of the molecule is COc1cccc2c1-c1ccc(NC(=S)N(C)C)cc1C(c1cccc(F)c1)O2. The maximum atomic E-state index is 13.9. The van der Waals surface area contributed by atoms with E-state index in [1.54, 1.807) is 13.2 Å². The van der Waals surface area contributed by atoms with Gasteiger partial charge in [0, 0.05) is 25.3 Å². The summed E-state index contributed by atoms with van der Waals surface area (Å²) in [6, 6.07) is 18.2. The summed E-state index contributed by atoms with van der Waals surface area (Å²) in [7, 11) is 5.40. The average molecular weight is 408 g/mol. The van der Waals surface area contributed by atoms with Crippen molar-refractivity contribution in [2.75, 3.05) is 26.5 Å². The highest BCUT2D eigenvalue weighted by Crippen LogP contribution is 2.49. The zero-order valence-electron chi connectivity index (χ0n) is 16.4. The number of rotatable bonds is 3. The second-order valence-corrected chi connectivity index (χ2v) is 7.40. The molecule has 1 aliphatic heterocycles. The molecule has 0 bridgehead atoms. The van der Waals surface area contributed by atoms with Crippen LogP contribution in [0, 0.1) is 5.82 Å². The van der Waals surface area contributed by atoms with Gasteiger partial charge < -0.3 is 19.7 Å². The standard InChI is InChI=1S/C23H21FN2O2S/c1-26(2)23(29)25-16-10-11-17-18(13-16)22(14-6-4-7-15(24)12-14)28-20-9-5-8-19(27-3)21(17)20/h4-13,22H,1-3H3,(H,25,29). The van der Waals surface area contributed by atoms with Gasteiger partial charge in [-0.05, 0) is 59.7 Å². The molecular formula is C23H21FN2O2S. The molecule has 0 amide bonds. The van der Waals surface area contributed by atoms with Gasteiger partial charge in [0.25, 0.3) is 0 Å². The van der Waals surface area contributed by atoms with Crippen LogP contribution in [0.1, 0.15) is 17.2 Å². The predicted molar refractivity (Wildman–Crippen MR) is 117 cm³/mol. The second kappa shape index (κ2) is 7.72. The molecule has 0 aromatic heterocycles. The van der Waals surface area contributed by atoms with Crippen molar-refractivity contribution in [3.63, 3.8) is 0 Å². The molecule has 4 rings (SSSR count). The molecule has 6 heteroatoms. The third-order valence-corrected chi connectivity index (χ3v) is 5.33. The molecule has 1 atom stereocenters. The molecule has 0 aliphatic carbocycles. The van der Waals surface area contributed by atoms with Crippen molar-refractivity contribution in [2.45, 2.75) is 6.10 Å². The van der Waals surface area contributed by atoms with Crippen LogP contribution >= 0.6 is 12.2 Å². The van der Waals surface area contributed by atoms with Gasteiger partial charge >= 0.3 is 0 Å². The van der Waals surface area contributed by atoms with E-state index in [2.05, 4.69) is 5.32 Å². The molecule has 0 spiro atoms. The van der Waals surface area contributed by atoms with Crippen LogP contribution in [0.3, 0.4) is 0 Å². The van der Waals surface area contributed by atoms with Crippen LogP contribution in [0.2, 0.25) is 0 Å². The lowest BCUT2D eigenvalue weighted by Crippen LogP contribution is -2.27. The fraction of sp³-hybridized carbons (Fsp3) is 0.174. The van der Waals surface area contributed by atoms with Gasteiger partial charge in [0.05, 0.1) is 12.7 Å². The first-order valence-electron chi connectivity index (χ1n) is 9.19. The minimum Gasteiger partial charge on any atom is -0.496 e. The van der Waals surface area contributed by atoms with E-state index in [1.165, 1.54) is 12.1 Å². The Bertz CT molecular complexity index is 1080. The summed E-state index contributed by atoms with van der Waals surface area (Å²) >= 11 is 5.37. The van der Waals surface area contributed by atoms with Crippen molar-refractivity contribution in [2.24, 2.45) is 0 Å². The van der Waals surface area contributed by atoms with Crippen molar-refractivity contribution >= 4 is 23.0 Å². The largest absolute Gasteiger partial charge is 0.496 e. The lowest BCUT2D eigenvalue weighted by Gasteiger charge is -2.30. The van der Waals surface area contributed by atoms with Crippen molar-refractivity contribution in [3.05, 3.63) is 77.6 Å². The molecule has 3 aromatic rings. The fourth-order valence-electron chi connectivity index (χ4n) is 3.47. The number of benzene rings is 3. The van der Waals surface area contributed by atoms with Gasteiger partial charge in [0.2, 0.25) is 0 Å². The van der Waals surface area contributed by atoms with Crippen molar-refractivity contribution in [1.82, 2.24) is 4.90 Å². The van der Waals surface area contributed by atoms with E-state index in [4.69, 9.17) is 21.7 Å². The number of methoxy groups -OCH3 is 1. The van der Waals surface area contributed by atoms with Crippen LogP contribution in [0.15, 0.2) is 60.7 Å². The molecule has 3 aromatic carbocycles. The molecule has 0 fully saturated rings. The number of hydrogen-bond donors (Lipinski definition) is 1. The summed E-state index contributed by atoms with van der Waals surface area (Å²) in [5, 5.41) is 3.82. The lowest BCUT2D eigenvalue weighted by molar-refractivity contribution is 0.241. The first kappa shape index (κ1) is 19.2. The average Bonchev–Trinajstić information content (AvgIpc) is 2.72. The van der Waals surface area contributed by atoms with Crippen molar-refractivity contribution < 1.29 is 13.9 Å². The van der Waals surface area contributed by atoms with Gasteiger partial charge in [0.1, 0.15) is 23.4 Å².